The van der Waals surface area contributed by atoms with E-state index in [0.717, 1.165) is 50.2 Å². The second-order valence-corrected chi connectivity index (χ2v) is 7.14. The summed E-state index contributed by atoms with van der Waals surface area (Å²) in [5.74, 6) is 1.09. The van der Waals surface area contributed by atoms with E-state index in [9.17, 15) is 4.79 Å². The summed E-state index contributed by atoms with van der Waals surface area (Å²) in [5, 5.41) is 3.44. The van der Waals surface area contributed by atoms with Gasteiger partial charge < -0.3 is 15.0 Å². The van der Waals surface area contributed by atoms with Gasteiger partial charge in [0.2, 0.25) is 5.91 Å². The van der Waals surface area contributed by atoms with E-state index in [1.807, 2.05) is 18.2 Å². The lowest BCUT2D eigenvalue weighted by Crippen LogP contribution is -2.50. The molecule has 0 spiro atoms. The third-order valence-electron chi connectivity index (χ3n) is 5.69. The Morgan fingerprint density at radius 2 is 1.88 bits per heavy atom. The summed E-state index contributed by atoms with van der Waals surface area (Å²) in [6.45, 7) is 2.34. The van der Waals surface area contributed by atoms with Gasteiger partial charge >= 0.3 is 0 Å². The Hall–Kier alpha value is -2.33. The molecule has 1 aliphatic carbocycles. The lowest BCUT2D eigenvalue weighted by Gasteiger charge is -2.40. The molecule has 1 saturated heterocycles. The van der Waals surface area contributed by atoms with Crippen molar-refractivity contribution in [1.29, 1.82) is 0 Å². The summed E-state index contributed by atoms with van der Waals surface area (Å²) < 4.78 is 5.56. The molecule has 4 rings (SSSR count). The number of hydrogen-bond donors (Lipinski definition) is 1. The van der Waals surface area contributed by atoms with E-state index in [0.29, 0.717) is 0 Å². The minimum atomic E-state index is -0.0183. The molecular formula is C22H26N2O2. The van der Waals surface area contributed by atoms with Gasteiger partial charge in [0.05, 0.1) is 19.1 Å². The van der Waals surface area contributed by atoms with Gasteiger partial charge in [-0.3, -0.25) is 4.79 Å². The number of amides is 1. The van der Waals surface area contributed by atoms with Crippen LogP contribution in [0.3, 0.4) is 0 Å². The number of nitrogens with one attached hydrogen (secondary N) is 1. The summed E-state index contributed by atoms with van der Waals surface area (Å²) in [7, 11) is 1.69. The molecule has 0 radical (unpaired) electrons. The van der Waals surface area contributed by atoms with Crippen molar-refractivity contribution in [3.8, 4) is 5.75 Å². The second-order valence-electron chi connectivity index (χ2n) is 7.14. The fourth-order valence-corrected chi connectivity index (χ4v) is 4.40. The normalized spacial score (nSPS) is 22.6. The second kappa shape index (κ2) is 7.50. The number of carbonyl (C=O) groups is 1. The zero-order valence-electron chi connectivity index (χ0n) is 15.3. The number of rotatable bonds is 3. The fraction of sp³-hybridized carbons (Fsp3) is 0.409. The number of aryl methyl sites for hydroxylation is 1. The quantitative estimate of drug-likeness (QED) is 0.924. The first-order valence-corrected chi connectivity index (χ1v) is 9.51. The van der Waals surface area contributed by atoms with Crippen molar-refractivity contribution in [3.63, 3.8) is 0 Å². The Morgan fingerprint density at radius 3 is 2.73 bits per heavy atom. The molecule has 1 fully saturated rings. The van der Waals surface area contributed by atoms with Crippen molar-refractivity contribution in [2.24, 2.45) is 0 Å². The van der Waals surface area contributed by atoms with E-state index in [2.05, 4.69) is 40.5 Å². The van der Waals surface area contributed by atoms with Gasteiger partial charge in [0.25, 0.3) is 0 Å². The fourth-order valence-electron chi connectivity index (χ4n) is 4.40. The van der Waals surface area contributed by atoms with Gasteiger partial charge in [-0.1, -0.05) is 42.5 Å². The molecule has 1 aliphatic heterocycles. The van der Waals surface area contributed by atoms with Crippen molar-refractivity contribution in [3.05, 3.63) is 65.2 Å². The lowest BCUT2D eigenvalue weighted by atomic mass is 9.81. The maximum atomic E-state index is 13.6. The van der Waals surface area contributed by atoms with Gasteiger partial charge in [0, 0.05) is 25.2 Å². The Bertz CT molecular complexity index is 789. The van der Waals surface area contributed by atoms with E-state index in [1.54, 1.807) is 7.11 Å². The standard InChI is InChI=1S/C22H26N2O2/c1-26-21-12-5-4-10-19(21)20-15-23-13-14-24(20)22(25)18-11-6-8-16-7-2-3-9-17(16)18/h2-5,7,9-10,12,18,20,23H,6,8,11,13-15H2,1H3. The van der Waals surface area contributed by atoms with Crippen LogP contribution in [0.2, 0.25) is 0 Å². The molecule has 2 aromatic rings. The number of piperazine rings is 1. The van der Waals surface area contributed by atoms with Crippen LogP contribution in [0.25, 0.3) is 0 Å². The summed E-state index contributed by atoms with van der Waals surface area (Å²) >= 11 is 0. The van der Waals surface area contributed by atoms with Crippen molar-refractivity contribution in [1.82, 2.24) is 10.2 Å². The SMILES string of the molecule is COc1ccccc1C1CNCCN1C(=O)C1CCCc2ccccc21. The molecule has 1 heterocycles. The predicted octanol–water partition coefficient (Wildman–Crippen LogP) is 3.29. The highest BCUT2D eigenvalue weighted by molar-refractivity contribution is 5.85. The van der Waals surface area contributed by atoms with E-state index in [-0.39, 0.29) is 17.9 Å². The molecule has 4 nitrogen and oxygen atoms in total. The van der Waals surface area contributed by atoms with Crippen molar-refractivity contribution < 1.29 is 9.53 Å². The molecule has 1 N–H and O–H groups in total. The average molecular weight is 350 g/mol. The van der Waals surface area contributed by atoms with Gasteiger partial charge in [-0.15, -0.1) is 0 Å². The van der Waals surface area contributed by atoms with Gasteiger partial charge in [0.15, 0.2) is 0 Å². The van der Waals surface area contributed by atoms with E-state index < -0.39 is 0 Å². The summed E-state index contributed by atoms with van der Waals surface area (Å²) in [5.41, 5.74) is 3.64. The molecular weight excluding hydrogens is 324 g/mol. The highest BCUT2D eigenvalue weighted by atomic mass is 16.5. The van der Waals surface area contributed by atoms with Crippen LogP contribution >= 0.6 is 0 Å². The number of carbonyl (C=O) groups excluding carboxylic acids is 1. The molecule has 2 unspecified atom stereocenters. The first kappa shape index (κ1) is 17.1. The molecule has 2 aromatic carbocycles. The number of hydrogen-bond acceptors (Lipinski definition) is 3. The van der Waals surface area contributed by atoms with Crippen LogP contribution in [0.4, 0.5) is 0 Å². The Kier molecular flexibility index (Phi) is 4.93. The maximum Gasteiger partial charge on any atom is 0.230 e. The molecule has 2 aliphatic rings. The average Bonchev–Trinajstić information content (AvgIpc) is 2.73. The van der Waals surface area contributed by atoms with Crippen LogP contribution in [0.15, 0.2) is 48.5 Å². The third kappa shape index (κ3) is 3.10. The minimum Gasteiger partial charge on any atom is -0.496 e. The maximum absolute atomic E-state index is 13.6. The van der Waals surface area contributed by atoms with Crippen LogP contribution in [-0.2, 0) is 11.2 Å². The van der Waals surface area contributed by atoms with E-state index in [1.165, 1.54) is 11.1 Å². The van der Waals surface area contributed by atoms with Gasteiger partial charge in [-0.2, -0.15) is 0 Å². The van der Waals surface area contributed by atoms with Crippen molar-refractivity contribution >= 4 is 5.91 Å². The molecule has 0 aromatic heterocycles. The monoisotopic (exact) mass is 350 g/mol. The first-order valence-electron chi connectivity index (χ1n) is 9.51. The Labute approximate surface area is 155 Å². The smallest absolute Gasteiger partial charge is 0.230 e. The van der Waals surface area contributed by atoms with Crippen molar-refractivity contribution in [2.75, 3.05) is 26.7 Å². The lowest BCUT2D eigenvalue weighted by molar-refractivity contribution is -0.136. The molecule has 136 valence electrons. The highest BCUT2D eigenvalue weighted by Crippen LogP contribution is 2.37. The number of benzene rings is 2. The minimum absolute atomic E-state index is 0.0153. The van der Waals surface area contributed by atoms with Gasteiger partial charge in [-0.25, -0.2) is 0 Å². The zero-order chi connectivity index (χ0) is 17.9. The largest absolute Gasteiger partial charge is 0.496 e. The number of para-hydroxylation sites is 1. The van der Waals surface area contributed by atoms with Gasteiger partial charge in [0.1, 0.15) is 5.75 Å². The van der Waals surface area contributed by atoms with Crippen molar-refractivity contribution in [2.45, 2.75) is 31.2 Å². The highest BCUT2D eigenvalue weighted by Gasteiger charge is 2.35. The van der Waals surface area contributed by atoms with Crippen LogP contribution in [0, 0.1) is 0 Å². The molecule has 26 heavy (non-hydrogen) atoms. The number of methoxy groups -OCH3 is 1. The number of ether oxygens (including phenoxy) is 1. The molecule has 2 atom stereocenters. The number of nitrogens with zero attached hydrogens (tertiary/aromatic N) is 1. The Morgan fingerprint density at radius 1 is 1.12 bits per heavy atom. The molecule has 0 saturated carbocycles. The molecule has 0 bridgehead atoms. The van der Waals surface area contributed by atoms with E-state index >= 15 is 0 Å². The predicted molar refractivity (Wildman–Crippen MR) is 102 cm³/mol. The first-order chi connectivity index (χ1) is 12.8. The summed E-state index contributed by atoms with van der Waals surface area (Å²) in [4.78, 5) is 15.6. The van der Waals surface area contributed by atoms with Crippen LogP contribution < -0.4 is 10.1 Å². The van der Waals surface area contributed by atoms with Crippen LogP contribution in [-0.4, -0.2) is 37.6 Å². The molecule has 1 amide bonds. The third-order valence-corrected chi connectivity index (χ3v) is 5.69. The van der Waals surface area contributed by atoms with E-state index in [4.69, 9.17) is 4.74 Å². The van der Waals surface area contributed by atoms with Crippen LogP contribution in [0.5, 0.6) is 5.75 Å². The van der Waals surface area contributed by atoms with Gasteiger partial charge in [-0.05, 0) is 36.5 Å². The summed E-state index contributed by atoms with van der Waals surface area (Å²) in [6, 6.07) is 16.5. The Balaban J connectivity index is 1.66. The van der Waals surface area contributed by atoms with Crippen LogP contribution in [0.1, 0.15) is 41.5 Å². The topological polar surface area (TPSA) is 41.6 Å². The number of fused-ring (bicyclic) bond motifs is 1. The molecule has 4 heteroatoms. The summed E-state index contributed by atoms with van der Waals surface area (Å²) in [6.07, 6.45) is 3.11. The zero-order valence-corrected chi connectivity index (χ0v) is 15.3.